The minimum atomic E-state index is -0.936. The van der Waals surface area contributed by atoms with Gasteiger partial charge in [0.1, 0.15) is 0 Å². The van der Waals surface area contributed by atoms with Gasteiger partial charge in [0.05, 0.1) is 33.3 Å². The van der Waals surface area contributed by atoms with Crippen LogP contribution in [0.15, 0.2) is 36.4 Å². The van der Waals surface area contributed by atoms with E-state index in [0.29, 0.717) is 61.3 Å². The third-order valence-corrected chi connectivity index (χ3v) is 7.75. The lowest BCUT2D eigenvalue weighted by Crippen LogP contribution is -2.46. The number of carbonyl (C=O) groups is 2. The Morgan fingerprint density at radius 1 is 1.10 bits per heavy atom. The van der Waals surface area contributed by atoms with E-state index < -0.39 is 23.8 Å². The molecule has 1 saturated heterocycles. The van der Waals surface area contributed by atoms with Crippen molar-refractivity contribution in [3.05, 3.63) is 42.0 Å². The summed E-state index contributed by atoms with van der Waals surface area (Å²) in [5.41, 5.74) is 6.56. The number of amides is 1. The fourth-order valence-corrected chi connectivity index (χ4v) is 5.72. The highest BCUT2D eigenvalue weighted by Gasteiger charge is 2.47. The monoisotopic (exact) mass is 571 g/mol. The Bertz CT molecular complexity index is 1190. The molecule has 2 aliphatic rings. The van der Waals surface area contributed by atoms with E-state index in [1.807, 2.05) is 35.2 Å². The molecule has 4 rings (SSSR count). The van der Waals surface area contributed by atoms with Crippen molar-refractivity contribution in [1.29, 1.82) is 0 Å². The molecule has 0 saturated carbocycles. The molecule has 0 aromatic heterocycles. The molecule has 2 aliphatic heterocycles. The smallest absolute Gasteiger partial charge is 0.308 e. The number of para-hydroxylation sites is 2. The Hall–Kier alpha value is -3.70. The van der Waals surface area contributed by atoms with E-state index in [1.54, 1.807) is 18.1 Å². The Morgan fingerprint density at radius 3 is 2.54 bits per heavy atom. The minimum Gasteiger partial charge on any atom is -0.493 e. The average Bonchev–Trinajstić information content (AvgIpc) is 3.60. The van der Waals surface area contributed by atoms with Gasteiger partial charge in [-0.05, 0) is 42.7 Å². The van der Waals surface area contributed by atoms with Crippen LogP contribution in [0.25, 0.3) is 0 Å². The number of aliphatic carboxylic acids is 1. The highest BCUT2D eigenvalue weighted by molar-refractivity contribution is 5.79. The van der Waals surface area contributed by atoms with Gasteiger partial charge in [0.25, 0.3) is 0 Å². The van der Waals surface area contributed by atoms with Crippen LogP contribution in [0.2, 0.25) is 0 Å². The molecule has 11 nitrogen and oxygen atoms in total. The van der Waals surface area contributed by atoms with Crippen molar-refractivity contribution in [3.8, 4) is 28.7 Å². The van der Waals surface area contributed by atoms with Crippen LogP contribution in [0, 0.1) is 5.92 Å². The van der Waals surface area contributed by atoms with Crippen molar-refractivity contribution in [2.24, 2.45) is 11.7 Å². The van der Waals surface area contributed by atoms with E-state index in [4.69, 9.17) is 29.4 Å². The van der Waals surface area contributed by atoms with Crippen molar-refractivity contribution in [1.82, 2.24) is 9.80 Å². The lowest BCUT2D eigenvalue weighted by molar-refractivity contribution is -0.144. The maximum Gasteiger partial charge on any atom is 0.308 e. The zero-order chi connectivity index (χ0) is 29.4. The van der Waals surface area contributed by atoms with E-state index in [2.05, 4.69) is 6.92 Å². The number of rotatable bonds is 15. The standard InChI is InChI=1S/C30H41N3O8/c1-4-5-12-32(13-11-31)27(34)18-33-17-21(20-15-25(38-3)29-26(16-20)40-19-41-29)28(30(35)36)22(33)10-14-39-24-9-7-6-8-23(24)37-2/h6-9,15-16,21-22,28H,4-5,10-14,17-19,31H2,1-3H3,(H,35,36)/t21-,22+,28-/m1/s1. The number of hydrogen-bond acceptors (Lipinski definition) is 9. The molecule has 41 heavy (non-hydrogen) atoms. The number of carbonyl (C=O) groups excluding carboxylic acids is 1. The van der Waals surface area contributed by atoms with Crippen LogP contribution in [0.1, 0.15) is 37.7 Å². The van der Waals surface area contributed by atoms with Gasteiger partial charge in [-0.2, -0.15) is 0 Å². The first-order valence-corrected chi connectivity index (χ1v) is 14.1. The molecule has 0 aliphatic carbocycles. The van der Waals surface area contributed by atoms with Gasteiger partial charge in [0.15, 0.2) is 23.0 Å². The minimum absolute atomic E-state index is 0.0624. The van der Waals surface area contributed by atoms with E-state index in [0.717, 1.165) is 18.4 Å². The number of ether oxygens (including phenoxy) is 5. The number of methoxy groups -OCH3 is 2. The Labute approximate surface area is 241 Å². The van der Waals surface area contributed by atoms with E-state index >= 15 is 0 Å². The van der Waals surface area contributed by atoms with Crippen LogP contribution in [0.4, 0.5) is 0 Å². The van der Waals surface area contributed by atoms with Gasteiger partial charge in [-0.3, -0.25) is 14.5 Å². The van der Waals surface area contributed by atoms with Gasteiger partial charge in [0.2, 0.25) is 18.4 Å². The summed E-state index contributed by atoms with van der Waals surface area (Å²) in [4.78, 5) is 30.1. The molecule has 11 heteroatoms. The largest absolute Gasteiger partial charge is 0.493 e. The Balaban J connectivity index is 1.62. The lowest BCUT2D eigenvalue weighted by atomic mass is 9.84. The van der Waals surface area contributed by atoms with Crippen LogP contribution in [0.5, 0.6) is 28.7 Å². The summed E-state index contributed by atoms with van der Waals surface area (Å²) in [7, 11) is 3.11. The normalized spacial score (nSPS) is 19.7. The van der Waals surface area contributed by atoms with Crippen molar-refractivity contribution in [2.45, 2.75) is 38.1 Å². The molecule has 3 N–H and O–H groups in total. The number of hydrogen-bond donors (Lipinski definition) is 2. The number of carboxylic acids is 1. The van der Waals surface area contributed by atoms with Gasteiger partial charge < -0.3 is 39.4 Å². The van der Waals surface area contributed by atoms with E-state index in [9.17, 15) is 14.7 Å². The van der Waals surface area contributed by atoms with Gasteiger partial charge in [-0.25, -0.2) is 0 Å². The number of likely N-dealkylation sites (tertiary alicyclic amines) is 1. The van der Waals surface area contributed by atoms with Crippen LogP contribution in [-0.4, -0.2) is 93.2 Å². The fourth-order valence-electron chi connectivity index (χ4n) is 5.72. The number of carboxylic acid groups (broad SMARTS) is 1. The second kappa shape index (κ2) is 14.3. The molecular weight excluding hydrogens is 530 g/mol. The second-order valence-corrected chi connectivity index (χ2v) is 10.2. The lowest BCUT2D eigenvalue weighted by Gasteiger charge is -2.29. The first-order valence-electron chi connectivity index (χ1n) is 14.1. The zero-order valence-electron chi connectivity index (χ0n) is 24.0. The fraction of sp³-hybridized carbons (Fsp3) is 0.533. The predicted octanol–water partition coefficient (Wildman–Crippen LogP) is 2.96. The summed E-state index contributed by atoms with van der Waals surface area (Å²) in [6, 6.07) is 10.5. The van der Waals surface area contributed by atoms with Gasteiger partial charge in [-0.1, -0.05) is 25.5 Å². The van der Waals surface area contributed by atoms with Crippen LogP contribution >= 0.6 is 0 Å². The third-order valence-electron chi connectivity index (χ3n) is 7.75. The second-order valence-electron chi connectivity index (χ2n) is 10.2. The number of fused-ring (bicyclic) bond motifs is 1. The number of nitrogens with zero attached hydrogens (tertiary/aromatic N) is 2. The quantitative estimate of drug-likeness (QED) is 0.329. The molecule has 0 spiro atoms. The summed E-state index contributed by atoms with van der Waals surface area (Å²) in [5, 5.41) is 10.5. The molecule has 2 heterocycles. The maximum absolute atomic E-state index is 13.5. The molecule has 3 atom stereocenters. The highest BCUT2D eigenvalue weighted by atomic mass is 16.7. The van der Waals surface area contributed by atoms with E-state index in [1.165, 1.54) is 7.11 Å². The van der Waals surface area contributed by atoms with Crippen molar-refractivity contribution in [2.75, 3.05) is 60.3 Å². The van der Waals surface area contributed by atoms with E-state index in [-0.39, 0.29) is 25.9 Å². The van der Waals surface area contributed by atoms with Crippen molar-refractivity contribution < 1.29 is 38.4 Å². The predicted molar refractivity (Wildman–Crippen MR) is 152 cm³/mol. The first kappa shape index (κ1) is 30.3. The van der Waals surface area contributed by atoms with Crippen LogP contribution in [0.3, 0.4) is 0 Å². The number of unbranched alkanes of at least 4 members (excludes halogenated alkanes) is 1. The van der Waals surface area contributed by atoms with Gasteiger partial charge in [0, 0.05) is 38.1 Å². The SMILES string of the molecule is CCCCN(CCN)C(=O)CN1C[C@H](c2cc(OC)c3c(c2)OCO3)[C@@H](C(=O)O)[C@@H]1CCOc1ccccc1OC. The highest BCUT2D eigenvalue weighted by Crippen LogP contribution is 2.47. The molecule has 1 fully saturated rings. The molecule has 2 aromatic rings. The van der Waals surface area contributed by atoms with Gasteiger partial charge in [-0.15, -0.1) is 0 Å². The molecule has 2 aromatic carbocycles. The zero-order valence-corrected chi connectivity index (χ0v) is 24.0. The average molecular weight is 572 g/mol. The summed E-state index contributed by atoms with van der Waals surface area (Å²) >= 11 is 0. The molecule has 0 unspecified atom stereocenters. The summed E-state index contributed by atoms with van der Waals surface area (Å²) in [6.07, 6.45) is 2.22. The van der Waals surface area contributed by atoms with Crippen molar-refractivity contribution >= 4 is 11.9 Å². The molecule has 1 amide bonds. The van der Waals surface area contributed by atoms with Crippen LogP contribution < -0.4 is 29.4 Å². The summed E-state index contributed by atoms with van der Waals surface area (Å²) in [5.74, 6) is 0.463. The topological polar surface area (TPSA) is 133 Å². The number of benzene rings is 2. The third kappa shape index (κ3) is 6.97. The maximum atomic E-state index is 13.5. The first-order chi connectivity index (χ1) is 19.9. The van der Waals surface area contributed by atoms with Gasteiger partial charge >= 0.3 is 5.97 Å². The summed E-state index contributed by atoms with van der Waals surface area (Å²) < 4.78 is 28.1. The molecule has 224 valence electrons. The molecule has 0 radical (unpaired) electrons. The van der Waals surface area contributed by atoms with Crippen LogP contribution in [-0.2, 0) is 9.59 Å². The Kier molecular flexibility index (Phi) is 10.5. The molecule has 0 bridgehead atoms. The summed E-state index contributed by atoms with van der Waals surface area (Å²) in [6.45, 7) is 4.29. The number of nitrogens with two attached hydrogens (primary N) is 1. The Morgan fingerprint density at radius 2 is 1.85 bits per heavy atom. The molecular formula is C30H41N3O8. The van der Waals surface area contributed by atoms with Crippen molar-refractivity contribution in [3.63, 3.8) is 0 Å².